The Bertz CT molecular complexity index is 1640. The SMILES string of the molecule is CC(C)c1ccc(/C=c2/sc3n(c2=O)[C@@H](c2ccc(Br)cc2)C2=C(N=3)c3ccccc3CC2)cc1. The zero-order valence-corrected chi connectivity index (χ0v) is 22.1. The van der Waals surface area contributed by atoms with Gasteiger partial charge >= 0.3 is 0 Å². The van der Waals surface area contributed by atoms with Crippen LogP contribution < -0.4 is 14.9 Å². The zero-order chi connectivity index (χ0) is 24.1. The number of nitrogens with zero attached hydrogens (tertiary/aromatic N) is 2. The van der Waals surface area contributed by atoms with E-state index in [2.05, 4.69) is 103 Å². The number of aryl methyl sites for hydroxylation is 1. The molecule has 0 saturated heterocycles. The molecule has 0 radical (unpaired) electrons. The molecule has 0 spiro atoms. The largest absolute Gasteiger partial charge is 0.272 e. The van der Waals surface area contributed by atoms with Crippen LogP contribution in [0, 0.1) is 0 Å². The van der Waals surface area contributed by atoms with Crippen molar-refractivity contribution in [1.82, 2.24) is 4.57 Å². The van der Waals surface area contributed by atoms with Gasteiger partial charge in [-0.3, -0.25) is 9.36 Å². The number of hydrogen-bond donors (Lipinski definition) is 0. The van der Waals surface area contributed by atoms with Gasteiger partial charge in [0.2, 0.25) is 0 Å². The van der Waals surface area contributed by atoms with Gasteiger partial charge in [-0.25, -0.2) is 4.99 Å². The number of allylic oxidation sites excluding steroid dienone is 1. The van der Waals surface area contributed by atoms with Crippen LogP contribution in [0.3, 0.4) is 0 Å². The number of aromatic nitrogens is 1. The summed E-state index contributed by atoms with van der Waals surface area (Å²) in [7, 11) is 0. The topological polar surface area (TPSA) is 34.4 Å². The van der Waals surface area contributed by atoms with E-state index < -0.39 is 0 Å². The van der Waals surface area contributed by atoms with Gasteiger partial charge in [-0.05, 0) is 64.8 Å². The summed E-state index contributed by atoms with van der Waals surface area (Å²) in [5.41, 5.74) is 8.26. The van der Waals surface area contributed by atoms with Crippen LogP contribution in [0.2, 0.25) is 0 Å². The van der Waals surface area contributed by atoms with Gasteiger partial charge < -0.3 is 0 Å². The third-order valence-electron chi connectivity index (χ3n) is 6.96. The van der Waals surface area contributed by atoms with E-state index in [9.17, 15) is 4.79 Å². The predicted molar refractivity (Wildman–Crippen MR) is 147 cm³/mol. The molecule has 0 amide bonds. The fourth-order valence-electron chi connectivity index (χ4n) is 5.10. The van der Waals surface area contributed by atoms with Crippen molar-refractivity contribution in [2.45, 2.75) is 38.6 Å². The average molecular weight is 542 g/mol. The first-order valence-electron chi connectivity index (χ1n) is 12.0. The molecule has 0 bridgehead atoms. The van der Waals surface area contributed by atoms with Gasteiger partial charge in [0.25, 0.3) is 5.56 Å². The maximum atomic E-state index is 13.8. The first kappa shape index (κ1) is 22.4. The standard InChI is InChI=1S/C30H25BrN2OS/c1-18(2)20-9-7-19(8-10-20)17-26-29(34)33-28(22-11-14-23(31)15-12-22)25-16-13-21-5-3-4-6-24(21)27(25)32-30(33)35-26/h3-12,14-15,17-18,28H,13,16H2,1-2H3/b26-17+/t28-/m0/s1. The lowest BCUT2D eigenvalue weighted by Gasteiger charge is -2.30. The summed E-state index contributed by atoms with van der Waals surface area (Å²) < 4.78 is 3.66. The van der Waals surface area contributed by atoms with E-state index in [0.29, 0.717) is 5.92 Å². The van der Waals surface area contributed by atoms with Crippen molar-refractivity contribution in [3.63, 3.8) is 0 Å². The van der Waals surface area contributed by atoms with Crippen molar-refractivity contribution in [2.24, 2.45) is 4.99 Å². The normalized spacial score (nSPS) is 17.1. The first-order valence-corrected chi connectivity index (χ1v) is 13.6. The molecule has 0 unspecified atom stereocenters. The quantitative estimate of drug-likeness (QED) is 0.304. The third-order valence-corrected chi connectivity index (χ3v) is 8.47. The van der Waals surface area contributed by atoms with E-state index in [1.165, 1.54) is 33.6 Å². The van der Waals surface area contributed by atoms with Gasteiger partial charge in [0, 0.05) is 10.0 Å². The van der Waals surface area contributed by atoms with E-state index in [1.54, 1.807) is 0 Å². The van der Waals surface area contributed by atoms with Crippen molar-refractivity contribution in [2.75, 3.05) is 0 Å². The minimum atomic E-state index is -0.145. The molecule has 3 aromatic carbocycles. The van der Waals surface area contributed by atoms with Gasteiger partial charge in [-0.1, -0.05) is 102 Å². The fraction of sp³-hybridized carbons (Fsp3) is 0.200. The Kier molecular flexibility index (Phi) is 5.70. The van der Waals surface area contributed by atoms with Gasteiger partial charge in [0.1, 0.15) is 0 Å². The maximum Gasteiger partial charge on any atom is 0.271 e. The molecule has 6 rings (SSSR count). The van der Waals surface area contributed by atoms with Crippen LogP contribution >= 0.6 is 27.3 Å². The lowest BCUT2D eigenvalue weighted by Crippen LogP contribution is -2.38. The summed E-state index contributed by atoms with van der Waals surface area (Å²) in [4.78, 5) is 19.7. The van der Waals surface area contributed by atoms with Crippen LogP contribution in [0.5, 0.6) is 0 Å². The molecular formula is C30H25BrN2OS. The Labute approximate surface area is 216 Å². The molecule has 2 aliphatic rings. The Hall–Kier alpha value is -3.02. The molecule has 0 fully saturated rings. The Balaban J connectivity index is 1.57. The lowest BCUT2D eigenvalue weighted by atomic mass is 9.83. The van der Waals surface area contributed by atoms with Crippen LogP contribution in [0.15, 0.2) is 92.6 Å². The second-order valence-electron chi connectivity index (χ2n) is 9.49. The van der Waals surface area contributed by atoms with E-state index in [4.69, 9.17) is 4.99 Å². The van der Waals surface area contributed by atoms with E-state index in [1.807, 2.05) is 10.6 Å². The zero-order valence-electron chi connectivity index (χ0n) is 19.7. The number of benzene rings is 3. The molecule has 1 aromatic heterocycles. The number of fused-ring (bicyclic) bond motifs is 3. The average Bonchev–Trinajstić information content (AvgIpc) is 3.18. The molecule has 0 N–H and O–H groups in total. The van der Waals surface area contributed by atoms with Crippen molar-refractivity contribution < 1.29 is 0 Å². The summed E-state index contributed by atoms with van der Waals surface area (Å²) >= 11 is 5.04. The summed E-state index contributed by atoms with van der Waals surface area (Å²) in [5, 5.41) is 0. The minimum Gasteiger partial charge on any atom is -0.272 e. The van der Waals surface area contributed by atoms with Crippen molar-refractivity contribution in [1.29, 1.82) is 0 Å². The summed E-state index contributed by atoms with van der Waals surface area (Å²) in [6, 6.07) is 25.2. The second kappa shape index (κ2) is 8.89. The van der Waals surface area contributed by atoms with E-state index in [0.717, 1.165) is 43.5 Å². The Morgan fingerprint density at radius 1 is 1.00 bits per heavy atom. The van der Waals surface area contributed by atoms with Crippen LogP contribution in [0.4, 0.5) is 0 Å². The smallest absolute Gasteiger partial charge is 0.271 e. The van der Waals surface area contributed by atoms with Crippen LogP contribution in [-0.2, 0) is 6.42 Å². The summed E-state index contributed by atoms with van der Waals surface area (Å²) in [5.74, 6) is 0.481. The number of thiazole rings is 1. The Morgan fingerprint density at radius 3 is 2.49 bits per heavy atom. The predicted octanol–water partition coefficient (Wildman–Crippen LogP) is 6.20. The van der Waals surface area contributed by atoms with Crippen LogP contribution in [0.25, 0.3) is 11.8 Å². The molecular weight excluding hydrogens is 516 g/mol. The molecule has 1 aliphatic carbocycles. The van der Waals surface area contributed by atoms with E-state index in [-0.39, 0.29) is 11.6 Å². The second-order valence-corrected chi connectivity index (χ2v) is 11.4. The molecule has 3 nitrogen and oxygen atoms in total. The molecule has 1 atom stereocenters. The van der Waals surface area contributed by atoms with E-state index >= 15 is 0 Å². The van der Waals surface area contributed by atoms with Crippen LogP contribution in [-0.4, -0.2) is 4.57 Å². The highest BCUT2D eigenvalue weighted by Gasteiger charge is 2.32. The highest BCUT2D eigenvalue weighted by molar-refractivity contribution is 9.10. The third kappa shape index (κ3) is 3.97. The molecule has 4 aromatic rings. The van der Waals surface area contributed by atoms with Crippen molar-refractivity contribution >= 4 is 39.0 Å². The van der Waals surface area contributed by atoms with Gasteiger partial charge in [-0.15, -0.1) is 0 Å². The maximum absolute atomic E-state index is 13.8. The van der Waals surface area contributed by atoms with Crippen molar-refractivity contribution in [3.8, 4) is 0 Å². The van der Waals surface area contributed by atoms with Crippen molar-refractivity contribution in [3.05, 3.63) is 130 Å². The van der Waals surface area contributed by atoms with Gasteiger partial charge in [0.05, 0.1) is 16.3 Å². The van der Waals surface area contributed by atoms with Gasteiger partial charge in [-0.2, -0.15) is 0 Å². The summed E-state index contributed by atoms with van der Waals surface area (Å²) in [6.07, 6.45) is 3.87. The number of halogens is 1. The monoisotopic (exact) mass is 540 g/mol. The molecule has 5 heteroatoms. The van der Waals surface area contributed by atoms with Crippen LogP contribution in [0.1, 0.15) is 60.0 Å². The molecule has 35 heavy (non-hydrogen) atoms. The Morgan fingerprint density at radius 2 is 1.74 bits per heavy atom. The summed E-state index contributed by atoms with van der Waals surface area (Å²) in [6.45, 7) is 4.38. The lowest BCUT2D eigenvalue weighted by molar-refractivity contribution is 0.585. The minimum absolute atomic E-state index is 0.0278. The highest BCUT2D eigenvalue weighted by Crippen LogP contribution is 2.41. The van der Waals surface area contributed by atoms with Gasteiger partial charge in [0.15, 0.2) is 4.80 Å². The molecule has 174 valence electrons. The highest BCUT2D eigenvalue weighted by atomic mass is 79.9. The number of rotatable bonds is 3. The molecule has 0 saturated carbocycles. The first-order chi connectivity index (χ1) is 17.0. The molecule has 2 heterocycles. The molecule has 1 aliphatic heterocycles. The number of hydrogen-bond acceptors (Lipinski definition) is 3. The fourth-order valence-corrected chi connectivity index (χ4v) is 6.36.